The van der Waals surface area contributed by atoms with Crippen LogP contribution in [0.2, 0.25) is 5.02 Å². The van der Waals surface area contributed by atoms with Gasteiger partial charge in [-0.3, -0.25) is 9.59 Å². The van der Waals surface area contributed by atoms with Crippen LogP contribution in [-0.2, 0) is 28.3 Å². The molecule has 3 rings (SSSR count). The monoisotopic (exact) mass is 526 g/mol. The molecule has 7 heteroatoms. The third-order valence-electron chi connectivity index (χ3n) is 5.92. The van der Waals surface area contributed by atoms with E-state index in [-0.39, 0.29) is 36.0 Å². The van der Waals surface area contributed by atoms with Gasteiger partial charge in [0.2, 0.25) is 11.8 Å². The fourth-order valence-corrected chi connectivity index (χ4v) is 4.83. The molecular weight excluding hydrogens is 495 g/mol. The van der Waals surface area contributed by atoms with Crippen molar-refractivity contribution in [1.82, 2.24) is 10.2 Å². The van der Waals surface area contributed by atoms with E-state index in [4.69, 9.17) is 11.6 Å². The van der Waals surface area contributed by atoms with Gasteiger partial charge in [0.1, 0.15) is 11.9 Å². The lowest BCUT2D eigenvalue weighted by atomic mass is 10.0. The number of carbonyl (C=O) groups is 2. The summed E-state index contributed by atoms with van der Waals surface area (Å²) in [7, 11) is 0. The van der Waals surface area contributed by atoms with Crippen molar-refractivity contribution in [3.63, 3.8) is 0 Å². The summed E-state index contributed by atoms with van der Waals surface area (Å²) in [5.41, 5.74) is 2.77. The van der Waals surface area contributed by atoms with Gasteiger partial charge >= 0.3 is 0 Å². The number of carbonyl (C=O) groups excluding carboxylic acids is 2. The molecule has 0 aliphatic rings. The molecule has 3 aromatic rings. The fraction of sp³-hybridized carbons (Fsp3) is 0.310. The highest BCUT2D eigenvalue weighted by atomic mass is 35.5. The second-order valence-corrected chi connectivity index (χ2v) is 10.2. The third kappa shape index (κ3) is 8.68. The maximum absolute atomic E-state index is 13.6. The molecule has 190 valence electrons. The summed E-state index contributed by atoms with van der Waals surface area (Å²) in [6.07, 6.45) is 1.19. The first-order chi connectivity index (χ1) is 17.4. The van der Waals surface area contributed by atoms with Crippen LogP contribution in [0.25, 0.3) is 0 Å². The molecule has 0 bridgehead atoms. The van der Waals surface area contributed by atoms with E-state index in [2.05, 4.69) is 5.32 Å². The van der Waals surface area contributed by atoms with Crippen LogP contribution in [0.4, 0.5) is 4.39 Å². The first kappa shape index (κ1) is 27.8. The molecule has 0 radical (unpaired) electrons. The van der Waals surface area contributed by atoms with Crippen LogP contribution in [0.5, 0.6) is 0 Å². The molecule has 0 aliphatic carbocycles. The Morgan fingerprint density at radius 2 is 1.67 bits per heavy atom. The highest BCUT2D eigenvalue weighted by molar-refractivity contribution is 7.99. The van der Waals surface area contributed by atoms with Gasteiger partial charge in [0.05, 0.1) is 5.75 Å². The van der Waals surface area contributed by atoms with Crippen LogP contribution in [0.1, 0.15) is 37.0 Å². The molecule has 0 heterocycles. The Hall–Kier alpha value is -2.83. The van der Waals surface area contributed by atoms with E-state index in [1.807, 2.05) is 62.4 Å². The predicted molar refractivity (Wildman–Crippen MR) is 146 cm³/mol. The summed E-state index contributed by atoms with van der Waals surface area (Å²) < 4.78 is 13.2. The number of halogens is 2. The predicted octanol–water partition coefficient (Wildman–Crippen LogP) is 6.27. The summed E-state index contributed by atoms with van der Waals surface area (Å²) in [5.74, 6) is 0.164. The number of nitrogens with one attached hydrogen (secondary N) is 1. The van der Waals surface area contributed by atoms with Crippen molar-refractivity contribution < 1.29 is 14.0 Å². The van der Waals surface area contributed by atoms with Gasteiger partial charge in [0.15, 0.2) is 0 Å². The van der Waals surface area contributed by atoms with E-state index >= 15 is 0 Å². The molecule has 4 nitrogen and oxygen atoms in total. The molecule has 1 N–H and O–H groups in total. The van der Waals surface area contributed by atoms with E-state index < -0.39 is 6.04 Å². The van der Waals surface area contributed by atoms with Gasteiger partial charge in [-0.1, -0.05) is 73.1 Å². The quantitative estimate of drug-likeness (QED) is 0.303. The minimum Gasteiger partial charge on any atom is -0.352 e. The molecule has 2 amide bonds. The molecule has 0 aromatic heterocycles. The van der Waals surface area contributed by atoms with Gasteiger partial charge in [0, 0.05) is 29.8 Å². The number of nitrogens with zero attached hydrogens (tertiary/aromatic N) is 1. The largest absolute Gasteiger partial charge is 0.352 e. The molecule has 0 saturated carbocycles. The van der Waals surface area contributed by atoms with Crippen LogP contribution in [0.3, 0.4) is 0 Å². The Balaban J connectivity index is 1.85. The van der Waals surface area contributed by atoms with Crippen molar-refractivity contribution in [2.75, 3.05) is 5.75 Å². The van der Waals surface area contributed by atoms with Crippen molar-refractivity contribution in [2.24, 2.45) is 0 Å². The van der Waals surface area contributed by atoms with Crippen molar-refractivity contribution in [3.8, 4) is 0 Å². The number of rotatable bonds is 12. The molecule has 36 heavy (non-hydrogen) atoms. The summed E-state index contributed by atoms with van der Waals surface area (Å²) in [4.78, 5) is 28.7. The maximum Gasteiger partial charge on any atom is 0.243 e. The average Bonchev–Trinajstić information content (AvgIpc) is 2.87. The van der Waals surface area contributed by atoms with Crippen molar-refractivity contribution in [1.29, 1.82) is 0 Å². The van der Waals surface area contributed by atoms with E-state index in [1.54, 1.807) is 23.1 Å². The van der Waals surface area contributed by atoms with Gasteiger partial charge in [-0.2, -0.15) is 0 Å². The molecule has 0 saturated heterocycles. The summed E-state index contributed by atoms with van der Waals surface area (Å²) in [6.45, 7) is 4.24. The first-order valence-electron chi connectivity index (χ1n) is 12.1. The highest BCUT2D eigenvalue weighted by Crippen LogP contribution is 2.20. The highest BCUT2D eigenvalue weighted by Gasteiger charge is 2.30. The molecule has 2 unspecified atom stereocenters. The lowest BCUT2D eigenvalue weighted by Gasteiger charge is -2.32. The van der Waals surface area contributed by atoms with Gasteiger partial charge < -0.3 is 10.2 Å². The number of hydrogen-bond donors (Lipinski definition) is 1. The second kappa shape index (κ2) is 14.0. The Morgan fingerprint density at radius 1 is 0.972 bits per heavy atom. The second-order valence-electron chi connectivity index (χ2n) is 8.79. The van der Waals surface area contributed by atoms with Crippen LogP contribution in [0.15, 0.2) is 78.9 Å². The van der Waals surface area contributed by atoms with Crippen molar-refractivity contribution in [3.05, 3.63) is 106 Å². The van der Waals surface area contributed by atoms with Gasteiger partial charge in [-0.25, -0.2) is 4.39 Å². The fourth-order valence-electron chi connectivity index (χ4n) is 3.75. The normalized spacial score (nSPS) is 12.6. The molecule has 3 aromatic carbocycles. The number of benzene rings is 3. The topological polar surface area (TPSA) is 49.4 Å². The Morgan fingerprint density at radius 3 is 2.33 bits per heavy atom. The third-order valence-corrected chi connectivity index (χ3v) is 7.15. The Kier molecular flexibility index (Phi) is 10.8. The minimum absolute atomic E-state index is 0.00764. The average molecular weight is 527 g/mol. The summed E-state index contributed by atoms with van der Waals surface area (Å²) in [5, 5.41) is 3.65. The number of thioether (sulfide) groups is 1. The molecule has 0 aliphatic heterocycles. The lowest BCUT2D eigenvalue weighted by molar-refractivity contribution is -0.139. The number of hydrogen-bond acceptors (Lipinski definition) is 3. The van der Waals surface area contributed by atoms with E-state index in [0.29, 0.717) is 17.2 Å². The zero-order valence-corrected chi connectivity index (χ0v) is 22.2. The van der Waals surface area contributed by atoms with Crippen LogP contribution in [0, 0.1) is 5.82 Å². The minimum atomic E-state index is -0.681. The van der Waals surface area contributed by atoms with Crippen LogP contribution < -0.4 is 5.32 Å². The van der Waals surface area contributed by atoms with E-state index in [0.717, 1.165) is 23.1 Å². The van der Waals surface area contributed by atoms with E-state index in [9.17, 15) is 14.0 Å². The summed E-state index contributed by atoms with van der Waals surface area (Å²) >= 11 is 7.66. The molecule has 0 spiro atoms. The van der Waals surface area contributed by atoms with Gasteiger partial charge in [-0.05, 0) is 54.3 Å². The zero-order chi connectivity index (χ0) is 25.9. The van der Waals surface area contributed by atoms with Gasteiger partial charge in [-0.15, -0.1) is 11.8 Å². The lowest BCUT2D eigenvalue weighted by Crippen LogP contribution is -2.52. The Labute approximate surface area is 222 Å². The standard InChI is InChI=1S/C29H32ClFN2O2S/c1-3-21(2)32-29(35)27(17-22-8-5-4-6-9-22)33(18-24-10-7-11-25(30)16-24)28(34)20-36-19-23-12-14-26(31)15-13-23/h4-16,21,27H,3,17-20H2,1-2H3,(H,32,35). The molecular formula is C29H32ClFN2O2S. The Bertz CT molecular complexity index is 1130. The zero-order valence-electron chi connectivity index (χ0n) is 20.6. The van der Waals surface area contributed by atoms with Crippen molar-refractivity contribution in [2.45, 2.75) is 51.1 Å². The smallest absolute Gasteiger partial charge is 0.243 e. The SMILES string of the molecule is CCC(C)NC(=O)C(Cc1ccccc1)N(Cc1cccc(Cl)c1)C(=O)CSCc1ccc(F)cc1. The van der Waals surface area contributed by atoms with Gasteiger partial charge in [0.25, 0.3) is 0 Å². The molecule has 2 atom stereocenters. The maximum atomic E-state index is 13.6. The van der Waals surface area contributed by atoms with Crippen LogP contribution >= 0.6 is 23.4 Å². The number of amides is 2. The van der Waals surface area contributed by atoms with E-state index in [1.165, 1.54) is 23.9 Å². The summed E-state index contributed by atoms with van der Waals surface area (Å²) in [6, 6.07) is 22.7. The first-order valence-corrected chi connectivity index (χ1v) is 13.6. The molecule has 0 fully saturated rings. The van der Waals surface area contributed by atoms with Crippen LogP contribution in [-0.4, -0.2) is 34.6 Å². The van der Waals surface area contributed by atoms with Crippen molar-refractivity contribution >= 4 is 35.2 Å².